The van der Waals surface area contributed by atoms with Crippen molar-refractivity contribution >= 4 is 5.91 Å². The van der Waals surface area contributed by atoms with Crippen molar-refractivity contribution < 1.29 is 9.90 Å². The molecule has 1 aliphatic carbocycles. The molecule has 0 unspecified atom stereocenters. The molecular formula is C21H29NO2. The largest absolute Gasteiger partial charge is 0.396 e. The van der Waals surface area contributed by atoms with Crippen molar-refractivity contribution in [3.05, 3.63) is 35.9 Å². The number of fused-ring (bicyclic) bond motifs is 2. The van der Waals surface area contributed by atoms with Gasteiger partial charge in [0.25, 0.3) is 0 Å². The van der Waals surface area contributed by atoms with Crippen LogP contribution in [-0.2, 0) is 11.2 Å². The van der Waals surface area contributed by atoms with Gasteiger partial charge in [-0.05, 0) is 50.0 Å². The van der Waals surface area contributed by atoms with Gasteiger partial charge in [0, 0.05) is 23.9 Å². The number of amides is 1. The number of benzene rings is 1. The predicted molar refractivity (Wildman–Crippen MR) is 94.5 cm³/mol. The van der Waals surface area contributed by atoms with Crippen molar-refractivity contribution in [1.29, 1.82) is 0 Å². The molecule has 1 aromatic rings. The van der Waals surface area contributed by atoms with Gasteiger partial charge < -0.3 is 10.0 Å². The SMILES string of the molecule is O=C(CC1CCCC1)N1[C@H]2CC[C@@H]1[C@@](CO)(Cc1ccccc1)C2. The zero-order valence-electron chi connectivity index (χ0n) is 14.5. The van der Waals surface area contributed by atoms with Crippen LogP contribution in [0, 0.1) is 11.3 Å². The quantitative estimate of drug-likeness (QED) is 0.898. The zero-order valence-corrected chi connectivity index (χ0v) is 14.5. The summed E-state index contributed by atoms with van der Waals surface area (Å²) in [6.07, 6.45) is 9.82. The van der Waals surface area contributed by atoms with E-state index in [0.717, 1.165) is 32.1 Å². The van der Waals surface area contributed by atoms with Crippen LogP contribution in [0.2, 0.25) is 0 Å². The molecular weight excluding hydrogens is 298 g/mol. The Morgan fingerprint density at radius 2 is 1.88 bits per heavy atom. The number of rotatable bonds is 5. The van der Waals surface area contributed by atoms with Gasteiger partial charge in [-0.2, -0.15) is 0 Å². The molecule has 0 radical (unpaired) electrons. The Hall–Kier alpha value is -1.35. The molecule has 4 rings (SSSR count). The van der Waals surface area contributed by atoms with E-state index in [1.807, 2.05) is 6.07 Å². The van der Waals surface area contributed by atoms with Crippen LogP contribution in [0.3, 0.4) is 0 Å². The molecule has 3 nitrogen and oxygen atoms in total. The second-order valence-corrected chi connectivity index (χ2v) is 8.29. The van der Waals surface area contributed by atoms with E-state index in [9.17, 15) is 9.90 Å². The zero-order chi connectivity index (χ0) is 16.6. The van der Waals surface area contributed by atoms with Gasteiger partial charge in [0.05, 0.1) is 6.61 Å². The number of hydrogen-bond donors (Lipinski definition) is 1. The van der Waals surface area contributed by atoms with Crippen LogP contribution in [0.15, 0.2) is 30.3 Å². The Bertz CT molecular complexity index is 581. The average Bonchev–Trinajstić information content (AvgIpc) is 3.31. The highest BCUT2D eigenvalue weighted by Gasteiger charge is 2.56. The lowest BCUT2D eigenvalue weighted by Gasteiger charge is -2.36. The summed E-state index contributed by atoms with van der Waals surface area (Å²) < 4.78 is 0. The first-order valence-corrected chi connectivity index (χ1v) is 9.68. The molecule has 2 saturated heterocycles. The lowest BCUT2D eigenvalue weighted by atomic mass is 9.70. The summed E-state index contributed by atoms with van der Waals surface area (Å²) in [5.74, 6) is 0.966. The average molecular weight is 327 g/mol. The molecule has 3 heteroatoms. The fourth-order valence-electron chi connectivity index (χ4n) is 5.65. The van der Waals surface area contributed by atoms with Crippen molar-refractivity contribution in [3.8, 4) is 0 Å². The highest BCUT2D eigenvalue weighted by Crippen LogP contribution is 2.51. The van der Waals surface area contributed by atoms with E-state index in [2.05, 4.69) is 29.2 Å². The third-order valence-corrected chi connectivity index (χ3v) is 6.79. The van der Waals surface area contributed by atoms with Gasteiger partial charge in [-0.3, -0.25) is 4.79 Å². The minimum Gasteiger partial charge on any atom is -0.396 e. The van der Waals surface area contributed by atoms with E-state index < -0.39 is 0 Å². The van der Waals surface area contributed by atoms with Crippen molar-refractivity contribution in [1.82, 2.24) is 4.90 Å². The molecule has 2 bridgehead atoms. The van der Waals surface area contributed by atoms with Crippen molar-refractivity contribution in [2.45, 2.75) is 69.9 Å². The van der Waals surface area contributed by atoms with E-state index in [0.29, 0.717) is 17.9 Å². The molecule has 1 amide bonds. The number of carbonyl (C=O) groups is 1. The molecule has 3 fully saturated rings. The van der Waals surface area contributed by atoms with E-state index in [1.54, 1.807) is 0 Å². The second-order valence-electron chi connectivity index (χ2n) is 8.29. The third kappa shape index (κ3) is 2.77. The lowest BCUT2D eigenvalue weighted by Crippen LogP contribution is -2.44. The molecule has 1 N–H and O–H groups in total. The number of aliphatic hydroxyl groups is 1. The molecule has 1 aromatic carbocycles. The van der Waals surface area contributed by atoms with Gasteiger partial charge in [0.15, 0.2) is 0 Å². The summed E-state index contributed by atoms with van der Waals surface area (Å²) in [6.45, 7) is 0.191. The van der Waals surface area contributed by atoms with Crippen LogP contribution in [0.5, 0.6) is 0 Å². The van der Waals surface area contributed by atoms with E-state index in [-0.39, 0.29) is 18.1 Å². The molecule has 3 aliphatic rings. The van der Waals surface area contributed by atoms with Crippen LogP contribution >= 0.6 is 0 Å². The van der Waals surface area contributed by atoms with Crippen molar-refractivity contribution in [2.75, 3.05) is 6.61 Å². The second kappa shape index (κ2) is 6.51. The van der Waals surface area contributed by atoms with Crippen LogP contribution in [0.1, 0.15) is 56.9 Å². The Morgan fingerprint density at radius 3 is 2.58 bits per heavy atom. The number of nitrogens with zero attached hydrogens (tertiary/aromatic N) is 1. The van der Waals surface area contributed by atoms with Crippen molar-refractivity contribution in [2.24, 2.45) is 11.3 Å². The Labute approximate surface area is 145 Å². The molecule has 0 spiro atoms. The van der Waals surface area contributed by atoms with Crippen LogP contribution in [0.25, 0.3) is 0 Å². The fourth-order valence-corrected chi connectivity index (χ4v) is 5.65. The Balaban J connectivity index is 1.50. The van der Waals surface area contributed by atoms with Crippen LogP contribution in [-0.4, -0.2) is 34.6 Å². The molecule has 130 valence electrons. The highest BCUT2D eigenvalue weighted by atomic mass is 16.3. The first kappa shape index (κ1) is 16.1. The van der Waals surface area contributed by atoms with Gasteiger partial charge in [-0.1, -0.05) is 43.2 Å². The van der Waals surface area contributed by atoms with Gasteiger partial charge in [0.2, 0.25) is 5.91 Å². The summed E-state index contributed by atoms with van der Waals surface area (Å²) in [6, 6.07) is 11.1. The summed E-state index contributed by atoms with van der Waals surface area (Å²) in [5, 5.41) is 10.2. The summed E-state index contributed by atoms with van der Waals surface area (Å²) in [7, 11) is 0. The molecule has 2 aliphatic heterocycles. The summed E-state index contributed by atoms with van der Waals surface area (Å²) in [5.41, 5.74) is 1.15. The Morgan fingerprint density at radius 1 is 1.12 bits per heavy atom. The number of aliphatic hydroxyl groups excluding tert-OH is 1. The smallest absolute Gasteiger partial charge is 0.223 e. The Kier molecular flexibility index (Phi) is 4.38. The van der Waals surface area contributed by atoms with Gasteiger partial charge in [0.1, 0.15) is 0 Å². The standard InChI is InChI=1S/C21H29NO2/c23-15-21(13-17-8-2-1-3-9-17)14-18-10-11-19(21)22(18)20(24)12-16-6-4-5-7-16/h1-3,8-9,16,18-19,23H,4-7,10-15H2/t18-,19+,21-/m0/s1. The van der Waals surface area contributed by atoms with Gasteiger partial charge in [-0.25, -0.2) is 0 Å². The molecule has 24 heavy (non-hydrogen) atoms. The maximum Gasteiger partial charge on any atom is 0.223 e. The number of carbonyl (C=O) groups excluding carboxylic acids is 1. The van der Waals surface area contributed by atoms with Gasteiger partial charge in [-0.15, -0.1) is 0 Å². The first-order chi connectivity index (χ1) is 11.7. The van der Waals surface area contributed by atoms with E-state index in [4.69, 9.17) is 0 Å². The first-order valence-electron chi connectivity index (χ1n) is 9.68. The normalized spacial score (nSPS) is 32.6. The minimum absolute atomic E-state index is 0.129. The third-order valence-electron chi connectivity index (χ3n) is 6.79. The van der Waals surface area contributed by atoms with Gasteiger partial charge >= 0.3 is 0 Å². The maximum absolute atomic E-state index is 13.0. The maximum atomic E-state index is 13.0. The summed E-state index contributed by atoms with van der Waals surface area (Å²) >= 11 is 0. The number of hydrogen-bond acceptors (Lipinski definition) is 2. The molecule has 2 heterocycles. The molecule has 1 saturated carbocycles. The van der Waals surface area contributed by atoms with Crippen LogP contribution < -0.4 is 0 Å². The fraction of sp³-hybridized carbons (Fsp3) is 0.667. The van der Waals surface area contributed by atoms with E-state index in [1.165, 1.54) is 31.2 Å². The molecule has 0 aromatic heterocycles. The van der Waals surface area contributed by atoms with E-state index >= 15 is 0 Å². The monoisotopic (exact) mass is 327 g/mol. The predicted octanol–water partition coefficient (Wildman–Crippen LogP) is 3.55. The highest BCUT2D eigenvalue weighted by molar-refractivity contribution is 5.78. The minimum atomic E-state index is -0.129. The van der Waals surface area contributed by atoms with Crippen molar-refractivity contribution in [3.63, 3.8) is 0 Å². The topological polar surface area (TPSA) is 40.5 Å². The lowest BCUT2D eigenvalue weighted by molar-refractivity contribution is -0.134. The molecule has 3 atom stereocenters. The summed E-state index contributed by atoms with van der Waals surface area (Å²) in [4.78, 5) is 15.2. The van der Waals surface area contributed by atoms with Crippen LogP contribution in [0.4, 0.5) is 0 Å².